The second-order valence-corrected chi connectivity index (χ2v) is 6.99. The van der Waals surface area contributed by atoms with Gasteiger partial charge in [0.2, 0.25) is 0 Å². The van der Waals surface area contributed by atoms with E-state index >= 15 is 0 Å². The van der Waals surface area contributed by atoms with E-state index in [9.17, 15) is 4.79 Å². The van der Waals surface area contributed by atoms with E-state index in [2.05, 4.69) is 37.9 Å². The number of nitrogens with one attached hydrogen (secondary N) is 2. The Bertz CT molecular complexity index is 840. The second kappa shape index (κ2) is 7.35. The summed E-state index contributed by atoms with van der Waals surface area (Å²) in [4.78, 5) is 16.3. The molecule has 1 aliphatic rings. The molecular weight excluding hydrogens is 336 g/mol. The highest BCUT2D eigenvalue weighted by molar-refractivity contribution is 7.10. The first kappa shape index (κ1) is 16.3. The normalized spacial score (nSPS) is 16.8. The number of amides is 1. The number of thiophene rings is 1. The lowest BCUT2D eigenvalue weighted by atomic mass is 10.1. The van der Waals surface area contributed by atoms with Gasteiger partial charge in [-0.3, -0.25) is 14.8 Å². The Balaban J connectivity index is 1.49. The number of hydrogen-bond donors (Lipinski definition) is 2. The van der Waals surface area contributed by atoms with Gasteiger partial charge in [0.05, 0.1) is 24.8 Å². The summed E-state index contributed by atoms with van der Waals surface area (Å²) in [6.45, 7) is 3.79. The van der Waals surface area contributed by atoms with E-state index in [0.29, 0.717) is 12.2 Å². The molecule has 1 atom stereocenters. The molecule has 1 amide bonds. The molecular formula is C18H20N4O2S. The zero-order valence-corrected chi connectivity index (χ0v) is 14.6. The Kier molecular flexibility index (Phi) is 4.78. The molecule has 0 unspecified atom stereocenters. The maximum Gasteiger partial charge on any atom is 0.272 e. The van der Waals surface area contributed by atoms with E-state index in [-0.39, 0.29) is 11.9 Å². The third-order valence-corrected chi connectivity index (χ3v) is 5.47. The standard InChI is InChI=1S/C18H20N4O2S/c23-18(17-13-4-1-2-5-14(13)20-21-17)19-12-15(16-6-3-11-25-16)22-7-9-24-10-8-22/h1-6,11,15H,7-10,12H2,(H,19,23)(H,20,21)/t15-/m1/s1. The number of hydrogen-bond acceptors (Lipinski definition) is 5. The Morgan fingerprint density at radius 1 is 1.28 bits per heavy atom. The lowest BCUT2D eigenvalue weighted by Crippen LogP contribution is -2.43. The zero-order valence-electron chi connectivity index (χ0n) is 13.8. The van der Waals surface area contributed by atoms with Gasteiger partial charge in [-0.05, 0) is 17.5 Å². The number of H-pyrrole nitrogens is 1. The lowest BCUT2D eigenvalue weighted by Gasteiger charge is -2.34. The topological polar surface area (TPSA) is 70.2 Å². The van der Waals surface area contributed by atoms with E-state index in [1.165, 1.54) is 4.88 Å². The van der Waals surface area contributed by atoms with Crippen molar-refractivity contribution in [1.82, 2.24) is 20.4 Å². The first-order valence-corrected chi connectivity index (χ1v) is 9.27. The molecule has 3 heterocycles. The molecule has 3 aromatic rings. The minimum Gasteiger partial charge on any atom is -0.379 e. The van der Waals surface area contributed by atoms with E-state index in [4.69, 9.17) is 4.74 Å². The van der Waals surface area contributed by atoms with Crippen LogP contribution in [-0.4, -0.2) is 53.9 Å². The average Bonchev–Trinajstić information content (AvgIpc) is 3.32. The van der Waals surface area contributed by atoms with Crippen LogP contribution < -0.4 is 5.32 Å². The summed E-state index contributed by atoms with van der Waals surface area (Å²) >= 11 is 1.72. The molecule has 2 N–H and O–H groups in total. The quantitative estimate of drug-likeness (QED) is 0.737. The molecule has 130 valence electrons. The molecule has 0 saturated carbocycles. The van der Waals surface area contributed by atoms with Crippen molar-refractivity contribution in [3.05, 3.63) is 52.3 Å². The number of ether oxygens (including phenoxy) is 1. The van der Waals surface area contributed by atoms with Crippen molar-refractivity contribution < 1.29 is 9.53 Å². The molecule has 0 radical (unpaired) electrons. The molecule has 1 fully saturated rings. The van der Waals surface area contributed by atoms with Gasteiger partial charge in [-0.2, -0.15) is 5.10 Å². The van der Waals surface area contributed by atoms with E-state index in [0.717, 1.165) is 37.2 Å². The van der Waals surface area contributed by atoms with Crippen molar-refractivity contribution in [3.63, 3.8) is 0 Å². The van der Waals surface area contributed by atoms with E-state index < -0.39 is 0 Å². The highest BCUT2D eigenvalue weighted by Gasteiger charge is 2.24. The van der Waals surface area contributed by atoms with Gasteiger partial charge in [0.25, 0.3) is 5.91 Å². The fourth-order valence-corrected chi connectivity index (χ4v) is 4.05. The highest BCUT2D eigenvalue weighted by atomic mass is 32.1. The predicted octanol–water partition coefficient (Wildman–Crippen LogP) is 2.43. The maximum atomic E-state index is 12.6. The van der Waals surface area contributed by atoms with Crippen molar-refractivity contribution in [2.75, 3.05) is 32.8 Å². The number of aromatic amines is 1. The fraction of sp³-hybridized carbons (Fsp3) is 0.333. The first-order valence-electron chi connectivity index (χ1n) is 8.39. The Morgan fingerprint density at radius 2 is 2.12 bits per heavy atom. The molecule has 7 heteroatoms. The van der Waals surface area contributed by atoms with Crippen LogP contribution in [0.2, 0.25) is 0 Å². The number of aromatic nitrogens is 2. The minimum absolute atomic E-state index is 0.146. The Labute approximate surface area is 149 Å². The average molecular weight is 356 g/mol. The molecule has 6 nitrogen and oxygen atoms in total. The number of fused-ring (bicyclic) bond motifs is 1. The summed E-state index contributed by atoms with van der Waals surface area (Å²) in [5.74, 6) is -0.146. The largest absolute Gasteiger partial charge is 0.379 e. The van der Waals surface area contributed by atoms with Crippen molar-refractivity contribution in [2.24, 2.45) is 0 Å². The van der Waals surface area contributed by atoms with Crippen molar-refractivity contribution in [2.45, 2.75) is 6.04 Å². The van der Waals surface area contributed by atoms with Crippen LogP contribution in [0.1, 0.15) is 21.4 Å². The van der Waals surface area contributed by atoms with E-state index in [1.807, 2.05) is 24.3 Å². The zero-order chi connectivity index (χ0) is 17.1. The highest BCUT2D eigenvalue weighted by Crippen LogP contribution is 2.25. The summed E-state index contributed by atoms with van der Waals surface area (Å²) in [6, 6.07) is 12.0. The van der Waals surface area contributed by atoms with Gasteiger partial charge in [-0.25, -0.2) is 0 Å². The number of para-hydroxylation sites is 1. The number of carbonyl (C=O) groups excluding carboxylic acids is 1. The Hall–Kier alpha value is -2.22. The second-order valence-electron chi connectivity index (χ2n) is 6.01. The molecule has 2 aromatic heterocycles. The van der Waals surface area contributed by atoms with Crippen LogP contribution in [0.3, 0.4) is 0 Å². The molecule has 25 heavy (non-hydrogen) atoms. The van der Waals surface area contributed by atoms with Crippen LogP contribution in [0.4, 0.5) is 0 Å². The van der Waals surface area contributed by atoms with Crippen LogP contribution in [0.5, 0.6) is 0 Å². The molecule has 1 saturated heterocycles. The van der Waals surface area contributed by atoms with Crippen molar-refractivity contribution in [3.8, 4) is 0 Å². The van der Waals surface area contributed by atoms with Gasteiger partial charge in [-0.1, -0.05) is 24.3 Å². The van der Waals surface area contributed by atoms with Crippen LogP contribution >= 0.6 is 11.3 Å². The van der Waals surface area contributed by atoms with Crippen LogP contribution in [0.25, 0.3) is 10.9 Å². The summed E-state index contributed by atoms with van der Waals surface area (Å²) < 4.78 is 5.46. The number of benzene rings is 1. The lowest BCUT2D eigenvalue weighted by molar-refractivity contribution is 0.0169. The molecule has 4 rings (SSSR count). The summed E-state index contributed by atoms with van der Waals surface area (Å²) in [5.41, 5.74) is 1.32. The summed E-state index contributed by atoms with van der Waals surface area (Å²) in [6.07, 6.45) is 0. The fourth-order valence-electron chi connectivity index (χ4n) is 3.19. The third kappa shape index (κ3) is 3.44. The van der Waals surface area contributed by atoms with Gasteiger partial charge in [0.15, 0.2) is 5.69 Å². The molecule has 1 aromatic carbocycles. The SMILES string of the molecule is O=C(NC[C@H](c1cccs1)N1CCOCC1)c1n[nH]c2ccccc12. The van der Waals surface area contributed by atoms with E-state index in [1.54, 1.807) is 11.3 Å². The first-order chi connectivity index (χ1) is 12.3. The predicted molar refractivity (Wildman–Crippen MR) is 97.9 cm³/mol. The van der Waals surface area contributed by atoms with Gasteiger partial charge in [-0.15, -0.1) is 11.3 Å². The number of carbonyl (C=O) groups is 1. The van der Waals surface area contributed by atoms with Gasteiger partial charge >= 0.3 is 0 Å². The van der Waals surface area contributed by atoms with Crippen molar-refractivity contribution >= 4 is 28.1 Å². The van der Waals surface area contributed by atoms with Crippen LogP contribution in [-0.2, 0) is 4.74 Å². The summed E-state index contributed by atoms with van der Waals surface area (Å²) in [5, 5.41) is 13.1. The minimum atomic E-state index is -0.146. The smallest absolute Gasteiger partial charge is 0.272 e. The molecule has 0 spiro atoms. The van der Waals surface area contributed by atoms with Crippen LogP contribution in [0.15, 0.2) is 41.8 Å². The van der Waals surface area contributed by atoms with Crippen LogP contribution in [0, 0.1) is 0 Å². The van der Waals surface area contributed by atoms with Gasteiger partial charge in [0, 0.05) is 29.9 Å². The number of morpholine rings is 1. The molecule has 0 aliphatic carbocycles. The Morgan fingerprint density at radius 3 is 2.92 bits per heavy atom. The molecule has 1 aliphatic heterocycles. The van der Waals surface area contributed by atoms with Crippen molar-refractivity contribution in [1.29, 1.82) is 0 Å². The number of nitrogens with zero attached hydrogens (tertiary/aromatic N) is 2. The summed E-state index contributed by atoms with van der Waals surface area (Å²) in [7, 11) is 0. The maximum absolute atomic E-state index is 12.6. The van der Waals surface area contributed by atoms with Gasteiger partial charge in [0.1, 0.15) is 0 Å². The van der Waals surface area contributed by atoms with Gasteiger partial charge < -0.3 is 10.1 Å². The third-order valence-electron chi connectivity index (χ3n) is 4.50. The molecule has 0 bridgehead atoms. The number of rotatable bonds is 5. The monoisotopic (exact) mass is 356 g/mol.